The Hall–Kier alpha value is -2.58. The van der Waals surface area contributed by atoms with Gasteiger partial charge in [0.1, 0.15) is 11.0 Å². The molecule has 0 saturated heterocycles. The zero-order valence-electron chi connectivity index (χ0n) is 14.5. The Morgan fingerprint density at radius 2 is 1.82 bits per heavy atom. The largest absolute Gasteiger partial charge is 0.573 e. The number of ether oxygens (including phenoxy) is 1. The van der Waals surface area contributed by atoms with E-state index in [0.717, 1.165) is 5.56 Å². The lowest BCUT2D eigenvalue weighted by Crippen LogP contribution is -2.18. The van der Waals surface area contributed by atoms with Crippen LogP contribution in [0.1, 0.15) is 5.56 Å². The number of benzene rings is 2. The molecule has 28 heavy (non-hydrogen) atoms. The highest BCUT2D eigenvalue weighted by molar-refractivity contribution is 7.86. The van der Waals surface area contributed by atoms with Crippen molar-refractivity contribution in [2.75, 3.05) is 4.72 Å². The molecule has 1 aromatic heterocycles. The van der Waals surface area contributed by atoms with Crippen molar-refractivity contribution in [3.63, 3.8) is 0 Å². The molecule has 146 valence electrons. The van der Waals surface area contributed by atoms with E-state index in [-0.39, 0.29) is 5.69 Å². The second-order valence-corrected chi connectivity index (χ2v) is 7.42. The second kappa shape index (κ2) is 8.20. The Labute approximate surface area is 166 Å². The molecular weight excluding hydrogens is 413 g/mol. The van der Waals surface area contributed by atoms with Gasteiger partial charge in [0.25, 0.3) is 0 Å². The number of anilines is 1. The van der Waals surface area contributed by atoms with E-state index < -0.39 is 23.1 Å². The fraction of sp³-hybridized carbons (Fsp3) is 0.105. The first-order chi connectivity index (χ1) is 13.2. The van der Waals surface area contributed by atoms with Crippen molar-refractivity contribution in [2.45, 2.75) is 18.2 Å². The number of hydrogen-bond acceptors (Lipinski definition) is 3. The minimum Gasteiger partial charge on any atom is -0.404 e. The monoisotopic (exact) mass is 426 g/mol. The zero-order valence-corrected chi connectivity index (χ0v) is 16.0. The maximum Gasteiger partial charge on any atom is 0.573 e. The van der Waals surface area contributed by atoms with E-state index in [0.29, 0.717) is 21.0 Å². The van der Waals surface area contributed by atoms with Gasteiger partial charge in [0, 0.05) is 23.0 Å². The molecule has 3 aromatic rings. The summed E-state index contributed by atoms with van der Waals surface area (Å²) in [5, 5.41) is 0.457. The van der Waals surface area contributed by atoms with E-state index in [9.17, 15) is 17.4 Å². The molecule has 4 nitrogen and oxygen atoms in total. The molecule has 3 rings (SSSR count). The topological polar surface area (TPSA) is 51.2 Å². The van der Waals surface area contributed by atoms with Crippen LogP contribution in [0.15, 0.2) is 65.8 Å². The molecule has 1 heterocycles. The summed E-state index contributed by atoms with van der Waals surface area (Å²) in [6, 6.07) is 12.1. The summed E-state index contributed by atoms with van der Waals surface area (Å²) in [5.74, 6) is -0.490. The van der Waals surface area contributed by atoms with Gasteiger partial charge in [-0.2, -0.15) is 0 Å². The molecular formula is C19H14ClF3N2O2S. The molecule has 0 aliphatic rings. The first kappa shape index (κ1) is 20.2. The van der Waals surface area contributed by atoms with Crippen LogP contribution in [-0.4, -0.2) is 15.6 Å². The summed E-state index contributed by atoms with van der Waals surface area (Å²) in [6.45, 7) is 1.82. The third kappa shape index (κ3) is 5.02. The van der Waals surface area contributed by atoms with Crippen molar-refractivity contribution >= 4 is 28.3 Å². The van der Waals surface area contributed by atoms with Crippen LogP contribution < -0.4 is 9.46 Å². The normalized spacial score (nSPS) is 12.5. The molecule has 2 aromatic carbocycles. The minimum absolute atomic E-state index is 0.0594. The molecule has 0 bridgehead atoms. The standard InChI is InChI=1S/C19H14ClF3N2O2S/c1-12-8-9-24-11-16(12)13-2-7-17(18(10-13)27-19(21,22)23)25-28(26)15-5-3-14(20)4-6-15/h2-11,25H,1H3. The molecule has 9 heteroatoms. The Kier molecular flexibility index (Phi) is 5.90. The molecule has 0 saturated carbocycles. The quantitative estimate of drug-likeness (QED) is 0.565. The van der Waals surface area contributed by atoms with Gasteiger partial charge >= 0.3 is 6.36 Å². The van der Waals surface area contributed by atoms with Gasteiger partial charge in [-0.05, 0) is 60.5 Å². The van der Waals surface area contributed by atoms with Crippen molar-refractivity contribution in [3.05, 3.63) is 71.5 Å². The van der Waals surface area contributed by atoms with Gasteiger partial charge < -0.3 is 4.74 Å². The smallest absolute Gasteiger partial charge is 0.404 e. The number of aromatic nitrogens is 1. The van der Waals surface area contributed by atoms with E-state index in [1.54, 1.807) is 24.5 Å². The van der Waals surface area contributed by atoms with Crippen molar-refractivity contribution in [2.24, 2.45) is 0 Å². The number of nitrogens with one attached hydrogen (secondary N) is 1. The SMILES string of the molecule is Cc1ccncc1-c1ccc(NS(=O)c2ccc(Cl)cc2)c(OC(F)(F)F)c1. The number of aryl methyl sites for hydroxylation is 1. The molecule has 0 fully saturated rings. The Balaban J connectivity index is 1.96. The first-order valence-electron chi connectivity index (χ1n) is 7.98. The van der Waals surface area contributed by atoms with E-state index in [2.05, 4.69) is 14.4 Å². The van der Waals surface area contributed by atoms with Crippen molar-refractivity contribution < 1.29 is 22.1 Å². The van der Waals surface area contributed by atoms with Gasteiger partial charge in [-0.3, -0.25) is 9.71 Å². The van der Waals surface area contributed by atoms with E-state index >= 15 is 0 Å². The molecule has 0 aliphatic carbocycles. The van der Waals surface area contributed by atoms with Crippen LogP contribution in [0.2, 0.25) is 5.02 Å². The van der Waals surface area contributed by atoms with Gasteiger partial charge in [0.2, 0.25) is 0 Å². The second-order valence-electron chi connectivity index (χ2n) is 5.77. The predicted octanol–water partition coefficient (Wildman–Crippen LogP) is 5.74. The number of halogens is 4. The highest BCUT2D eigenvalue weighted by Gasteiger charge is 2.32. The minimum atomic E-state index is -4.90. The highest BCUT2D eigenvalue weighted by Crippen LogP contribution is 2.36. The molecule has 0 aliphatic heterocycles. The molecule has 0 spiro atoms. The lowest BCUT2D eigenvalue weighted by Gasteiger charge is -2.16. The fourth-order valence-electron chi connectivity index (χ4n) is 2.47. The van der Waals surface area contributed by atoms with E-state index in [1.165, 1.54) is 36.4 Å². The summed E-state index contributed by atoms with van der Waals surface area (Å²) in [5.41, 5.74) is 1.95. The van der Waals surface area contributed by atoms with Gasteiger partial charge in [0.05, 0.1) is 10.6 Å². The van der Waals surface area contributed by atoms with Crippen LogP contribution >= 0.6 is 11.6 Å². The summed E-state index contributed by atoms with van der Waals surface area (Å²) in [4.78, 5) is 4.36. The maximum absolute atomic E-state index is 12.9. The summed E-state index contributed by atoms with van der Waals surface area (Å²) >= 11 is 5.79. The van der Waals surface area contributed by atoms with Gasteiger partial charge in [-0.25, -0.2) is 4.21 Å². The average Bonchev–Trinajstić information content (AvgIpc) is 2.63. The van der Waals surface area contributed by atoms with Crippen LogP contribution in [0.25, 0.3) is 11.1 Å². The van der Waals surface area contributed by atoms with Crippen LogP contribution in [0.5, 0.6) is 5.75 Å². The number of alkyl halides is 3. The van der Waals surface area contributed by atoms with Crippen molar-refractivity contribution in [1.29, 1.82) is 0 Å². The Morgan fingerprint density at radius 1 is 1.11 bits per heavy atom. The maximum atomic E-state index is 12.9. The van der Waals surface area contributed by atoms with Crippen LogP contribution in [-0.2, 0) is 11.0 Å². The lowest BCUT2D eigenvalue weighted by molar-refractivity contribution is -0.274. The molecule has 1 N–H and O–H groups in total. The van der Waals surface area contributed by atoms with E-state index in [1.807, 2.05) is 6.92 Å². The lowest BCUT2D eigenvalue weighted by atomic mass is 10.0. The summed E-state index contributed by atoms with van der Waals surface area (Å²) in [6.07, 6.45) is -1.75. The summed E-state index contributed by atoms with van der Waals surface area (Å²) < 4.78 is 57.8. The van der Waals surface area contributed by atoms with Gasteiger partial charge in [-0.15, -0.1) is 13.2 Å². The van der Waals surface area contributed by atoms with Crippen molar-refractivity contribution in [3.8, 4) is 16.9 Å². The van der Waals surface area contributed by atoms with E-state index in [4.69, 9.17) is 11.6 Å². The number of pyridine rings is 1. The number of hydrogen-bond donors (Lipinski definition) is 1. The number of nitrogens with zero attached hydrogens (tertiary/aromatic N) is 1. The van der Waals surface area contributed by atoms with Crippen LogP contribution in [0, 0.1) is 6.92 Å². The average molecular weight is 427 g/mol. The fourth-order valence-corrected chi connectivity index (χ4v) is 3.46. The molecule has 1 atom stereocenters. The third-order valence-electron chi connectivity index (χ3n) is 3.79. The van der Waals surface area contributed by atoms with Gasteiger partial charge in [0.15, 0.2) is 5.75 Å². The molecule has 0 amide bonds. The highest BCUT2D eigenvalue weighted by atomic mass is 35.5. The van der Waals surface area contributed by atoms with Crippen molar-refractivity contribution in [1.82, 2.24) is 4.98 Å². The molecule has 1 unspecified atom stereocenters. The first-order valence-corrected chi connectivity index (χ1v) is 9.50. The molecule has 0 radical (unpaired) electrons. The van der Waals surface area contributed by atoms with Crippen LogP contribution in [0.3, 0.4) is 0 Å². The van der Waals surface area contributed by atoms with Gasteiger partial charge in [-0.1, -0.05) is 17.7 Å². The predicted molar refractivity (Wildman–Crippen MR) is 103 cm³/mol. The van der Waals surface area contributed by atoms with Crippen LogP contribution in [0.4, 0.5) is 18.9 Å². The summed E-state index contributed by atoms with van der Waals surface area (Å²) in [7, 11) is -1.81. The Bertz CT molecular complexity index is 1010. The Morgan fingerprint density at radius 3 is 2.46 bits per heavy atom. The zero-order chi connectivity index (χ0) is 20.3. The number of rotatable bonds is 5. The third-order valence-corrected chi connectivity index (χ3v) is 5.15.